The van der Waals surface area contributed by atoms with Crippen molar-refractivity contribution in [3.05, 3.63) is 47.0 Å². The Kier molecular flexibility index (Phi) is 4.85. The summed E-state index contributed by atoms with van der Waals surface area (Å²) in [5.74, 6) is 1.02. The lowest BCUT2D eigenvalue weighted by molar-refractivity contribution is 0.355. The Morgan fingerprint density at radius 2 is 1.48 bits per heavy atom. The maximum atomic E-state index is 12.7. The standard InChI is InChI=1S/C17H21NO4S/c1-11-6-7-17(13(3)8-11)23(19,20)18-14-10-16(22-5)15(21-4)9-12(14)2/h6-10,18H,1-5H3. The van der Waals surface area contributed by atoms with Gasteiger partial charge in [-0.05, 0) is 44.0 Å². The second-order valence-corrected chi connectivity index (χ2v) is 7.05. The first-order valence-corrected chi connectivity index (χ1v) is 8.59. The largest absolute Gasteiger partial charge is 0.493 e. The number of methoxy groups -OCH3 is 2. The van der Waals surface area contributed by atoms with Crippen LogP contribution in [0, 0.1) is 20.8 Å². The first-order chi connectivity index (χ1) is 10.8. The zero-order valence-corrected chi connectivity index (χ0v) is 14.7. The van der Waals surface area contributed by atoms with Gasteiger partial charge in [0, 0.05) is 6.07 Å². The van der Waals surface area contributed by atoms with Gasteiger partial charge in [0.2, 0.25) is 0 Å². The highest BCUT2D eigenvalue weighted by molar-refractivity contribution is 7.92. The third kappa shape index (κ3) is 3.59. The van der Waals surface area contributed by atoms with Gasteiger partial charge in [0.1, 0.15) is 0 Å². The third-order valence-corrected chi connectivity index (χ3v) is 5.12. The van der Waals surface area contributed by atoms with Crippen molar-refractivity contribution in [1.82, 2.24) is 0 Å². The first kappa shape index (κ1) is 17.1. The van der Waals surface area contributed by atoms with Crippen LogP contribution in [0.2, 0.25) is 0 Å². The highest BCUT2D eigenvalue weighted by Crippen LogP contribution is 2.34. The summed E-state index contributed by atoms with van der Waals surface area (Å²) in [7, 11) is -0.626. The van der Waals surface area contributed by atoms with Gasteiger partial charge in [0.05, 0.1) is 24.8 Å². The highest BCUT2D eigenvalue weighted by Gasteiger charge is 2.19. The molecule has 0 aliphatic carbocycles. The monoisotopic (exact) mass is 335 g/mol. The van der Waals surface area contributed by atoms with Crippen LogP contribution in [0.15, 0.2) is 35.2 Å². The molecule has 0 aliphatic heterocycles. The fourth-order valence-electron chi connectivity index (χ4n) is 2.39. The molecule has 0 radical (unpaired) electrons. The Morgan fingerprint density at radius 3 is 2.04 bits per heavy atom. The minimum atomic E-state index is -3.67. The molecule has 0 saturated heterocycles. The molecule has 23 heavy (non-hydrogen) atoms. The van der Waals surface area contributed by atoms with Gasteiger partial charge in [-0.2, -0.15) is 0 Å². The molecular formula is C17H21NO4S. The van der Waals surface area contributed by atoms with E-state index in [1.165, 1.54) is 14.2 Å². The number of nitrogens with one attached hydrogen (secondary N) is 1. The molecule has 0 saturated carbocycles. The molecule has 2 aromatic carbocycles. The summed E-state index contributed by atoms with van der Waals surface area (Å²) in [6.45, 7) is 5.51. The van der Waals surface area contributed by atoms with E-state index < -0.39 is 10.0 Å². The topological polar surface area (TPSA) is 64.6 Å². The van der Waals surface area contributed by atoms with E-state index in [4.69, 9.17) is 9.47 Å². The molecule has 2 aromatic rings. The number of hydrogen-bond acceptors (Lipinski definition) is 4. The van der Waals surface area contributed by atoms with Gasteiger partial charge in [-0.25, -0.2) is 8.42 Å². The number of rotatable bonds is 5. The van der Waals surface area contributed by atoms with Crippen molar-refractivity contribution in [1.29, 1.82) is 0 Å². The molecular weight excluding hydrogens is 314 g/mol. The minimum Gasteiger partial charge on any atom is -0.493 e. The van der Waals surface area contributed by atoms with Gasteiger partial charge in [0.25, 0.3) is 10.0 Å². The lowest BCUT2D eigenvalue weighted by atomic mass is 10.2. The summed E-state index contributed by atoms with van der Waals surface area (Å²) in [6, 6.07) is 8.59. The summed E-state index contributed by atoms with van der Waals surface area (Å²) in [6.07, 6.45) is 0. The van der Waals surface area contributed by atoms with Crippen LogP contribution < -0.4 is 14.2 Å². The summed E-state index contributed by atoms with van der Waals surface area (Å²) < 4.78 is 38.4. The smallest absolute Gasteiger partial charge is 0.262 e. The van der Waals surface area contributed by atoms with Gasteiger partial charge >= 0.3 is 0 Å². The zero-order valence-electron chi connectivity index (χ0n) is 13.9. The van der Waals surface area contributed by atoms with Crippen molar-refractivity contribution in [2.75, 3.05) is 18.9 Å². The van der Waals surface area contributed by atoms with Crippen LogP contribution in [-0.2, 0) is 10.0 Å². The highest BCUT2D eigenvalue weighted by atomic mass is 32.2. The fraction of sp³-hybridized carbons (Fsp3) is 0.294. The summed E-state index contributed by atoms with van der Waals surface area (Å²) in [5.41, 5.74) is 2.93. The van der Waals surface area contributed by atoms with E-state index in [-0.39, 0.29) is 4.90 Å². The van der Waals surface area contributed by atoms with Gasteiger partial charge in [-0.15, -0.1) is 0 Å². The number of benzene rings is 2. The normalized spacial score (nSPS) is 11.2. The van der Waals surface area contributed by atoms with E-state index in [9.17, 15) is 8.42 Å². The number of aryl methyl sites for hydroxylation is 3. The molecule has 124 valence electrons. The maximum Gasteiger partial charge on any atom is 0.262 e. The second-order valence-electron chi connectivity index (χ2n) is 5.40. The van der Waals surface area contributed by atoms with Crippen molar-refractivity contribution in [3.8, 4) is 11.5 Å². The van der Waals surface area contributed by atoms with Crippen molar-refractivity contribution in [2.45, 2.75) is 25.7 Å². The van der Waals surface area contributed by atoms with Crippen molar-refractivity contribution >= 4 is 15.7 Å². The molecule has 0 atom stereocenters. The van der Waals surface area contributed by atoms with Gasteiger partial charge < -0.3 is 9.47 Å². The molecule has 2 rings (SSSR count). The predicted molar refractivity (Wildman–Crippen MR) is 91.0 cm³/mol. The zero-order chi connectivity index (χ0) is 17.2. The number of anilines is 1. The van der Waals surface area contributed by atoms with Crippen LogP contribution in [0.1, 0.15) is 16.7 Å². The molecule has 0 spiro atoms. The summed E-state index contributed by atoms with van der Waals surface area (Å²) in [4.78, 5) is 0.261. The van der Waals surface area contributed by atoms with Crippen LogP contribution in [0.5, 0.6) is 11.5 Å². The Labute approximate surface area is 137 Å². The molecule has 0 bridgehead atoms. The first-order valence-electron chi connectivity index (χ1n) is 7.11. The molecule has 0 fully saturated rings. The van der Waals surface area contributed by atoms with Crippen LogP contribution in [0.3, 0.4) is 0 Å². The van der Waals surface area contributed by atoms with E-state index in [0.29, 0.717) is 22.7 Å². The van der Waals surface area contributed by atoms with E-state index in [0.717, 1.165) is 11.1 Å². The molecule has 0 heterocycles. The van der Waals surface area contributed by atoms with E-state index >= 15 is 0 Å². The van der Waals surface area contributed by atoms with Gasteiger partial charge in [0.15, 0.2) is 11.5 Å². The maximum absolute atomic E-state index is 12.7. The number of hydrogen-bond donors (Lipinski definition) is 1. The summed E-state index contributed by atoms with van der Waals surface area (Å²) >= 11 is 0. The van der Waals surface area contributed by atoms with Gasteiger partial charge in [-0.3, -0.25) is 4.72 Å². The Balaban J connectivity index is 2.45. The van der Waals surface area contributed by atoms with Gasteiger partial charge in [-0.1, -0.05) is 17.7 Å². The van der Waals surface area contributed by atoms with Crippen LogP contribution in [0.25, 0.3) is 0 Å². The predicted octanol–water partition coefficient (Wildman–Crippen LogP) is 3.43. The number of ether oxygens (including phenoxy) is 2. The lowest BCUT2D eigenvalue weighted by Crippen LogP contribution is -2.15. The molecule has 0 aromatic heterocycles. The average Bonchev–Trinajstić information content (AvgIpc) is 2.48. The van der Waals surface area contributed by atoms with Crippen LogP contribution in [0.4, 0.5) is 5.69 Å². The molecule has 6 heteroatoms. The molecule has 0 amide bonds. The van der Waals surface area contributed by atoms with Crippen LogP contribution >= 0.6 is 0 Å². The molecule has 0 unspecified atom stereocenters. The molecule has 1 N–H and O–H groups in total. The van der Waals surface area contributed by atoms with Crippen LogP contribution in [-0.4, -0.2) is 22.6 Å². The quantitative estimate of drug-likeness (QED) is 0.909. The average molecular weight is 335 g/mol. The summed E-state index contributed by atoms with van der Waals surface area (Å²) in [5, 5.41) is 0. The Bertz CT molecular complexity index is 829. The SMILES string of the molecule is COc1cc(C)c(NS(=O)(=O)c2ccc(C)cc2C)cc1OC. The van der Waals surface area contributed by atoms with Crippen molar-refractivity contribution in [3.63, 3.8) is 0 Å². The van der Waals surface area contributed by atoms with Crippen molar-refractivity contribution < 1.29 is 17.9 Å². The lowest BCUT2D eigenvalue weighted by Gasteiger charge is -2.15. The van der Waals surface area contributed by atoms with Crippen molar-refractivity contribution in [2.24, 2.45) is 0 Å². The van der Waals surface area contributed by atoms with E-state index in [1.807, 2.05) is 19.9 Å². The third-order valence-electron chi connectivity index (χ3n) is 3.59. The van der Waals surface area contributed by atoms with E-state index in [2.05, 4.69) is 4.72 Å². The Morgan fingerprint density at radius 1 is 0.870 bits per heavy atom. The second kappa shape index (κ2) is 6.50. The fourth-order valence-corrected chi connectivity index (χ4v) is 3.74. The molecule has 0 aliphatic rings. The number of sulfonamides is 1. The Hall–Kier alpha value is -2.21. The van der Waals surface area contributed by atoms with E-state index in [1.54, 1.807) is 31.2 Å². The molecule has 5 nitrogen and oxygen atoms in total. The minimum absolute atomic E-state index is 0.261.